The van der Waals surface area contributed by atoms with Crippen LogP contribution < -0.4 is 10.2 Å². The first-order valence-corrected chi connectivity index (χ1v) is 7.93. The first-order chi connectivity index (χ1) is 11.5. The van der Waals surface area contributed by atoms with Crippen molar-refractivity contribution in [2.75, 3.05) is 43.4 Å². The van der Waals surface area contributed by atoms with Crippen molar-refractivity contribution in [1.29, 1.82) is 0 Å². The summed E-state index contributed by atoms with van der Waals surface area (Å²) >= 11 is 6.12. The molecule has 0 aromatic carbocycles. The number of nitrogens with one attached hydrogen (secondary N) is 1. The second-order valence-electron chi connectivity index (χ2n) is 5.61. The molecule has 1 amide bonds. The number of amides is 1. The van der Waals surface area contributed by atoms with Gasteiger partial charge < -0.3 is 15.1 Å². The van der Waals surface area contributed by atoms with Crippen molar-refractivity contribution < 1.29 is 9.18 Å². The van der Waals surface area contributed by atoms with Gasteiger partial charge in [-0.2, -0.15) is 0 Å². The van der Waals surface area contributed by atoms with Crippen LogP contribution in [0, 0.1) is 5.82 Å². The molecule has 0 spiro atoms. The van der Waals surface area contributed by atoms with Crippen LogP contribution in [0.15, 0.2) is 30.6 Å². The third-order valence-corrected chi connectivity index (χ3v) is 4.18. The number of hydrogen-bond donors (Lipinski definition) is 1. The van der Waals surface area contributed by atoms with E-state index in [1.165, 1.54) is 0 Å². The molecular formula is C16H17ClFN5O. The van der Waals surface area contributed by atoms with E-state index in [0.29, 0.717) is 18.8 Å². The molecule has 0 atom stereocenters. The summed E-state index contributed by atoms with van der Waals surface area (Å²) in [4.78, 5) is 24.2. The van der Waals surface area contributed by atoms with Crippen molar-refractivity contribution in [3.8, 4) is 0 Å². The molecule has 0 saturated carbocycles. The topological polar surface area (TPSA) is 61.4 Å². The molecule has 0 unspecified atom stereocenters. The molecule has 24 heavy (non-hydrogen) atoms. The summed E-state index contributed by atoms with van der Waals surface area (Å²) in [6.07, 6.45) is 3.10. The lowest BCUT2D eigenvalue weighted by Crippen LogP contribution is -2.45. The molecule has 3 heterocycles. The van der Waals surface area contributed by atoms with E-state index in [1.54, 1.807) is 24.5 Å². The molecule has 8 heteroatoms. The number of nitrogens with zero attached hydrogens (tertiary/aromatic N) is 4. The highest BCUT2D eigenvalue weighted by Crippen LogP contribution is 2.25. The number of rotatable bonds is 3. The van der Waals surface area contributed by atoms with E-state index in [9.17, 15) is 9.18 Å². The summed E-state index contributed by atoms with van der Waals surface area (Å²) in [5, 5.41) is 2.62. The van der Waals surface area contributed by atoms with Crippen LogP contribution in [0.5, 0.6) is 0 Å². The van der Waals surface area contributed by atoms with Gasteiger partial charge in [-0.1, -0.05) is 11.6 Å². The Kier molecular flexibility index (Phi) is 4.92. The van der Waals surface area contributed by atoms with Crippen molar-refractivity contribution >= 4 is 29.0 Å². The molecule has 0 bridgehead atoms. The van der Waals surface area contributed by atoms with Gasteiger partial charge in [-0.15, -0.1) is 0 Å². The third kappa shape index (κ3) is 3.63. The zero-order chi connectivity index (χ0) is 17.1. The van der Waals surface area contributed by atoms with Gasteiger partial charge >= 0.3 is 0 Å². The van der Waals surface area contributed by atoms with Crippen LogP contribution >= 0.6 is 11.6 Å². The molecule has 1 fully saturated rings. The molecule has 1 aliphatic rings. The maximum atomic E-state index is 14.4. The van der Waals surface area contributed by atoms with Crippen molar-refractivity contribution in [2.24, 2.45) is 0 Å². The largest absolute Gasteiger partial charge is 0.352 e. The van der Waals surface area contributed by atoms with Crippen molar-refractivity contribution in [3.63, 3.8) is 0 Å². The first kappa shape index (κ1) is 16.6. The van der Waals surface area contributed by atoms with E-state index in [0.717, 1.165) is 19.2 Å². The van der Waals surface area contributed by atoms with E-state index in [4.69, 9.17) is 11.6 Å². The number of pyridine rings is 2. The third-order valence-electron chi connectivity index (χ3n) is 3.90. The lowest BCUT2D eigenvalue weighted by Gasteiger charge is -2.33. The van der Waals surface area contributed by atoms with Gasteiger partial charge in [0.05, 0.1) is 5.56 Å². The molecule has 2 aromatic heterocycles. The van der Waals surface area contributed by atoms with Crippen LogP contribution in [0.25, 0.3) is 0 Å². The smallest absolute Gasteiger partial charge is 0.258 e. The van der Waals surface area contributed by atoms with Gasteiger partial charge in [0.15, 0.2) is 11.6 Å². The zero-order valence-corrected chi connectivity index (χ0v) is 13.9. The number of carbonyl (C=O) groups is 1. The number of aromatic nitrogens is 2. The predicted octanol–water partition coefficient (Wildman–Crippen LogP) is 2.27. The molecular weight excluding hydrogens is 333 g/mol. The minimum Gasteiger partial charge on any atom is -0.352 e. The average Bonchev–Trinajstić information content (AvgIpc) is 2.58. The van der Waals surface area contributed by atoms with Crippen molar-refractivity contribution in [1.82, 2.24) is 14.9 Å². The summed E-state index contributed by atoms with van der Waals surface area (Å²) < 4.78 is 14.4. The lowest BCUT2D eigenvalue weighted by atomic mass is 10.2. The Hall–Kier alpha value is -2.25. The van der Waals surface area contributed by atoms with E-state index < -0.39 is 11.7 Å². The molecule has 2 aromatic rings. The van der Waals surface area contributed by atoms with Gasteiger partial charge in [-0.25, -0.2) is 9.37 Å². The molecule has 3 rings (SSSR count). The number of halogens is 2. The van der Waals surface area contributed by atoms with E-state index >= 15 is 0 Å². The van der Waals surface area contributed by atoms with E-state index in [2.05, 4.69) is 20.2 Å². The maximum absolute atomic E-state index is 14.4. The van der Waals surface area contributed by atoms with E-state index in [1.807, 2.05) is 11.9 Å². The van der Waals surface area contributed by atoms with Crippen LogP contribution in [0.1, 0.15) is 10.4 Å². The van der Waals surface area contributed by atoms with Crippen molar-refractivity contribution in [2.45, 2.75) is 0 Å². The number of anilines is 2. The summed E-state index contributed by atoms with van der Waals surface area (Å²) in [7, 11) is 2.01. The van der Waals surface area contributed by atoms with Gasteiger partial charge in [0.25, 0.3) is 5.91 Å². The minimum absolute atomic E-state index is 0.00357. The van der Waals surface area contributed by atoms with Crippen LogP contribution in [0.2, 0.25) is 5.15 Å². The Morgan fingerprint density at radius 2 is 1.92 bits per heavy atom. The fraction of sp³-hybridized carbons (Fsp3) is 0.312. The van der Waals surface area contributed by atoms with Gasteiger partial charge in [0, 0.05) is 44.3 Å². The maximum Gasteiger partial charge on any atom is 0.258 e. The zero-order valence-electron chi connectivity index (χ0n) is 13.2. The molecule has 1 saturated heterocycles. The standard InChI is InChI=1S/C16H17ClFN5O/c1-22-6-8-23(9-7-22)15-13(18)10-12(14(17)21-15)16(24)20-11-2-4-19-5-3-11/h2-5,10H,6-9H2,1H3,(H,19,20,24). The second-order valence-corrected chi connectivity index (χ2v) is 5.97. The predicted molar refractivity (Wildman–Crippen MR) is 91.1 cm³/mol. The van der Waals surface area contributed by atoms with Crippen LogP contribution in [0.3, 0.4) is 0 Å². The quantitative estimate of drug-likeness (QED) is 0.861. The molecule has 126 valence electrons. The van der Waals surface area contributed by atoms with Gasteiger partial charge in [0.2, 0.25) is 0 Å². The van der Waals surface area contributed by atoms with Gasteiger partial charge in [0.1, 0.15) is 5.15 Å². The number of hydrogen-bond acceptors (Lipinski definition) is 5. The first-order valence-electron chi connectivity index (χ1n) is 7.55. The second kappa shape index (κ2) is 7.11. The van der Waals surface area contributed by atoms with Crippen molar-refractivity contribution in [3.05, 3.63) is 47.1 Å². The SMILES string of the molecule is CN1CCN(c2nc(Cl)c(C(=O)Nc3ccncc3)cc2F)CC1. The Labute approximate surface area is 144 Å². The Bertz CT molecular complexity index is 735. The Balaban J connectivity index is 1.80. The highest BCUT2D eigenvalue weighted by Gasteiger charge is 2.22. The lowest BCUT2D eigenvalue weighted by molar-refractivity contribution is 0.102. The average molecular weight is 350 g/mol. The van der Waals surface area contributed by atoms with Crippen LogP contribution in [0.4, 0.5) is 15.9 Å². The fourth-order valence-electron chi connectivity index (χ4n) is 2.49. The highest BCUT2D eigenvalue weighted by molar-refractivity contribution is 6.33. The summed E-state index contributed by atoms with van der Waals surface area (Å²) in [6, 6.07) is 4.40. The Morgan fingerprint density at radius 3 is 2.58 bits per heavy atom. The molecule has 6 nitrogen and oxygen atoms in total. The van der Waals surface area contributed by atoms with Crippen LogP contribution in [-0.4, -0.2) is 54.0 Å². The van der Waals surface area contributed by atoms with Gasteiger partial charge in [-0.3, -0.25) is 9.78 Å². The number of likely N-dealkylation sites (N-methyl/N-ethyl adjacent to an activating group) is 1. The minimum atomic E-state index is -0.552. The van der Waals surface area contributed by atoms with Gasteiger partial charge in [-0.05, 0) is 25.2 Å². The summed E-state index contributed by atoms with van der Waals surface area (Å²) in [6.45, 7) is 2.98. The Morgan fingerprint density at radius 1 is 1.25 bits per heavy atom. The monoisotopic (exact) mass is 349 g/mol. The molecule has 0 radical (unpaired) electrons. The molecule has 1 N–H and O–H groups in total. The molecule has 0 aliphatic carbocycles. The number of carbonyl (C=O) groups excluding carboxylic acids is 1. The molecule has 1 aliphatic heterocycles. The van der Waals surface area contributed by atoms with E-state index in [-0.39, 0.29) is 16.5 Å². The summed E-state index contributed by atoms with van der Waals surface area (Å²) in [5.41, 5.74) is 0.554. The highest BCUT2D eigenvalue weighted by atomic mass is 35.5. The summed E-state index contributed by atoms with van der Waals surface area (Å²) in [5.74, 6) is -0.875. The normalized spacial score (nSPS) is 15.4. The van der Waals surface area contributed by atoms with Crippen LogP contribution in [-0.2, 0) is 0 Å². The number of piperazine rings is 1. The fourth-order valence-corrected chi connectivity index (χ4v) is 2.71.